The monoisotopic (exact) mass is 377 g/mol. The minimum absolute atomic E-state index is 0.165. The second-order valence-electron chi connectivity index (χ2n) is 6.23. The molecule has 0 saturated heterocycles. The van der Waals surface area contributed by atoms with Crippen LogP contribution in [-0.4, -0.2) is 32.9 Å². The van der Waals surface area contributed by atoms with E-state index in [1.807, 2.05) is 30.3 Å². The quantitative estimate of drug-likeness (QED) is 0.497. The van der Waals surface area contributed by atoms with Crippen molar-refractivity contribution in [2.75, 3.05) is 0 Å². The number of hydrogen-bond donors (Lipinski definition) is 0. The van der Waals surface area contributed by atoms with Crippen molar-refractivity contribution in [3.05, 3.63) is 82.6 Å². The molecule has 1 aliphatic rings. The van der Waals surface area contributed by atoms with Crippen LogP contribution in [0.3, 0.4) is 0 Å². The Balaban J connectivity index is 1.50. The van der Waals surface area contributed by atoms with Gasteiger partial charge < -0.3 is 9.15 Å². The van der Waals surface area contributed by atoms with Crippen LogP contribution in [0.2, 0.25) is 0 Å². The maximum atomic E-state index is 12.7. The molecule has 0 spiro atoms. The summed E-state index contributed by atoms with van der Waals surface area (Å²) in [6.45, 7) is 1.62. The average Bonchev–Trinajstić information content (AvgIpc) is 3.23. The maximum absolute atomic E-state index is 12.7. The van der Waals surface area contributed by atoms with Crippen molar-refractivity contribution >= 4 is 17.8 Å². The Morgan fingerprint density at radius 1 is 1.04 bits per heavy atom. The molecule has 3 aromatic rings. The Bertz CT molecular complexity index is 1070. The van der Waals surface area contributed by atoms with Gasteiger partial charge in [0, 0.05) is 6.92 Å². The number of amides is 2. The van der Waals surface area contributed by atoms with E-state index in [2.05, 4.69) is 10.2 Å². The van der Waals surface area contributed by atoms with Gasteiger partial charge in [0.1, 0.15) is 0 Å². The summed E-state index contributed by atoms with van der Waals surface area (Å²) >= 11 is 0. The smallest absolute Gasteiger partial charge is 0.338 e. The second-order valence-corrected chi connectivity index (χ2v) is 6.23. The largest absolute Gasteiger partial charge is 0.452 e. The number of nitrogens with zero attached hydrogens (tertiary/aromatic N) is 3. The third-order valence-electron chi connectivity index (χ3n) is 4.28. The number of ether oxygens (including phenoxy) is 1. The van der Waals surface area contributed by atoms with Crippen molar-refractivity contribution < 1.29 is 23.5 Å². The molecule has 2 heterocycles. The van der Waals surface area contributed by atoms with Crippen molar-refractivity contribution in [1.82, 2.24) is 15.1 Å². The first kappa shape index (κ1) is 17.6. The number of aryl methyl sites for hydroxylation is 1. The molecule has 140 valence electrons. The van der Waals surface area contributed by atoms with Gasteiger partial charge in [-0.05, 0) is 23.8 Å². The highest BCUT2D eigenvalue weighted by atomic mass is 16.5. The van der Waals surface area contributed by atoms with Crippen LogP contribution in [0.5, 0.6) is 0 Å². The van der Waals surface area contributed by atoms with Gasteiger partial charge in [0.2, 0.25) is 5.89 Å². The van der Waals surface area contributed by atoms with E-state index in [-0.39, 0.29) is 41.6 Å². The highest BCUT2D eigenvalue weighted by molar-refractivity contribution is 6.21. The zero-order valence-electron chi connectivity index (χ0n) is 14.9. The number of esters is 1. The molecular weight excluding hydrogens is 362 g/mol. The topological polar surface area (TPSA) is 103 Å². The Hall–Kier alpha value is -3.81. The molecule has 1 aliphatic heterocycles. The van der Waals surface area contributed by atoms with E-state index >= 15 is 0 Å². The van der Waals surface area contributed by atoms with Gasteiger partial charge in [0.25, 0.3) is 17.7 Å². The first-order valence-corrected chi connectivity index (χ1v) is 8.53. The molecule has 2 amide bonds. The van der Waals surface area contributed by atoms with Gasteiger partial charge in [-0.3, -0.25) is 14.5 Å². The van der Waals surface area contributed by atoms with Crippen LogP contribution in [0, 0.1) is 6.92 Å². The van der Waals surface area contributed by atoms with Gasteiger partial charge in [-0.15, -0.1) is 10.2 Å². The molecular formula is C20H15N3O5. The van der Waals surface area contributed by atoms with E-state index in [9.17, 15) is 14.4 Å². The highest BCUT2D eigenvalue weighted by Gasteiger charge is 2.36. The summed E-state index contributed by atoms with van der Waals surface area (Å²) in [5, 5.41) is 7.39. The summed E-state index contributed by atoms with van der Waals surface area (Å²) in [7, 11) is 0. The van der Waals surface area contributed by atoms with Crippen molar-refractivity contribution in [2.45, 2.75) is 20.1 Å². The third kappa shape index (κ3) is 3.27. The second kappa shape index (κ2) is 7.07. The van der Waals surface area contributed by atoms with Crippen LogP contribution in [0.15, 0.2) is 52.9 Å². The Kier molecular flexibility index (Phi) is 4.44. The lowest BCUT2D eigenvalue weighted by Crippen LogP contribution is -2.29. The third-order valence-corrected chi connectivity index (χ3v) is 4.28. The van der Waals surface area contributed by atoms with Gasteiger partial charge in [0.05, 0.1) is 23.2 Å². The summed E-state index contributed by atoms with van der Waals surface area (Å²) < 4.78 is 10.3. The van der Waals surface area contributed by atoms with Crippen LogP contribution in [0.1, 0.15) is 48.4 Å². The van der Waals surface area contributed by atoms with Crippen LogP contribution in [0.25, 0.3) is 0 Å². The lowest BCUT2D eigenvalue weighted by atomic mass is 10.1. The van der Waals surface area contributed by atoms with E-state index in [4.69, 9.17) is 9.15 Å². The predicted octanol–water partition coefficient (Wildman–Crippen LogP) is 2.53. The van der Waals surface area contributed by atoms with Gasteiger partial charge in [-0.2, -0.15) is 0 Å². The lowest BCUT2D eigenvalue weighted by molar-refractivity contribution is 0.0436. The van der Waals surface area contributed by atoms with Crippen molar-refractivity contribution in [3.8, 4) is 0 Å². The van der Waals surface area contributed by atoms with Crippen LogP contribution >= 0.6 is 0 Å². The standard InChI is InChI=1S/C20H15N3O5/c1-12-21-22-17(28-12)11-27-20(26)14-7-8-15-16(9-14)19(25)23(18(15)24)10-13-5-3-2-4-6-13/h2-9H,10-11H2,1H3. The summed E-state index contributed by atoms with van der Waals surface area (Å²) in [4.78, 5) is 38.7. The number of hydrogen-bond acceptors (Lipinski definition) is 7. The van der Waals surface area contributed by atoms with E-state index in [1.54, 1.807) is 6.92 Å². The zero-order chi connectivity index (χ0) is 19.7. The molecule has 0 atom stereocenters. The molecule has 2 aromatic carbocycles. The number of imide groups is 1. The van der Waals surface area contributed by atoms with Gasteiger partial charge >= 0.3 is 5.97 Å². The van der Waals surface area contributed by atoms with Gasteiger partial charge in [-0.1, -0.05) is 30.3 Å². The lowest BCUT2D eigenvalue weighted by Gasteiger charge is -2.13. The minimum Gasteiger partial charge on any atom is -0.452 e. The Morgan fingerprint density at radius 2 is 1.79 bits per heavy atom. The summed E-state index contributed by atoms with van der Waals surface area (Å²) in [5.41, 5.74) is 1.46. The van der Waals surface area contributed by atoms with Gasteiger partial charge in [0.15, 0.2) is 6.61 Å². The molecule has 0 N–H and O–H groups in total. The molecule has 8 heteroatoms. The molecule has 0 fully saturated rings. The number of aromatic nitrogens is 2. The Labute approximate surface area is 159 Å². The summed E-state index contributed by atoms with van der Waals surface area (Å²) in [5.74, 6) is -0.935. The molecule has 28 heavy (non-hydrogen) atoms. The molecule has 0 aliphatic carbocycles. The normalized spacial score (nSPS) is 13.0. The fourth-order valence-electron chi connectivity index (χ4n) is 2.93. The van der Waals surface area contributed by atoms with E-state index < -0.39 is 11.9 Å². The molecule has 0 radical (unpaired) electrons. The molecule has 8 nitrogen and oxygen atoms in total. The summed E-state index contributed by atoms with van der Waals surface area (Å²) in [6, 6.07) is 13.5. The van der Waals surface area contributed by atoms with Gasteiger partial charge in [-0.25, -0.2) is 4.79 Å². The number of fused-ring (bicyclic) bond motifs is 1. The molecule has 4 rings (SSSR count). The number of carbonyl (C=O) groups is 3. The van der Waals surface area contributed by atoms with E-state index in [0.717, 1.165) is 10.5 Å². The molecule has 1 aromatic heterocycles. The van der Waals surface area contributed by atoms with Crippen LogP contribution in [-0.2, 0) is 17.9 Å². The van der Waals surface area contributed by atoms with Crippen molar-refractivity contribution in [1.29, 1.82) is 0 Å². The minimum atomic E-state index is -0.652. The predicted molar refractivity (Wildman–Crippen MR) is 95.2 cm³/mol. The van der Waals surface area contributed by atoms with E-state index in [1.165, 1.54) is 18.2 Å². The SMILES string of the molecule is Cc1nnc(COC(=O)c2ccc3c(c2)C(=O)N(Cc2ccccc2)C3=O)o1. The number of rotatable bonds is 5. The Morgan fingerprint density at radius 3 is 2.50 bits per heavy atom. The maximum Gasteiger partial charge on any atom is 0.338 e. The molecule has 0 saturated carbocycles. The molecule has 0 bridgehead atoms. The highest BCUT2D eigenvalue weighted by Crippen LogP contribution is 2.26. The fourth-order valence-corrected chi connectivity index (χ4v) is 2.93. The fraction of sp³-hybridized carbons (Fsp3) is 0.150. The van der Waals surface area contributed by atoms with Crippen LogP contribution in [0.4, 0.5) is 0 Å². The molecule has 0 unspecified atom stereocenters. The average molecular weight is 377 g/mol. The zero-order valence-corrected chi connectivity index (χ0v) is 14.9. The number of benzene rings is 2. The number of carbonyl (C=O) groups excluding carboxylic acids is 3. The first-order chi connectivity index (χ1) is 13.5. The van der Waals surface area contributed by atoms with Crippen molar-refractivity contribution in [3.63, 3.8) is 0 Å². The van der Waals surface area contributed by atoms with E-state index in [0.29, 0.717) is 5.89 Å². The van der Waals surface area contributed by atoms with Crippen molar-refractivity contribution in [2.24, 2.45) is 0 Å². The summed E-state index contributed by atoms with van der Waals surface area (Å²) in [6.07, 6.45) is 0. The van der Waals surface area contributed by atoms with Crippen LogP contribution < -0.4 is 0 Å². The first-order valence-electron chi connectivity index (χ1n) is 8.53.